The van der Waals surface area contributed by atoms with E-state index in [4.69, 9.17) is 0 Å². The van der Waals surface area contributed by atoms with Crippen molar-refractivity contribution in [2.75, 3.05) is 0 Å². The van der Waals surface area contributed by atoms with E-state index >= 15 is 0 Å². The number of rotatable bonds is 4. The molecule has 0 aromatic heterocycles. The molecule has 22 heavy (non-hydrogen) atoms. The molecule has 2 aromatic carbocycles. The predicted octanol–water partition coefficient (Wildman–Crippen LogP) is 2.30. The smallest absolute Gasteiger partial charge is 0.583 e. The molecule has 7 nitrogen and oxygen atoms in total. The number of nitro benzene ring substituents is 1. The van der Waals surface area contributed by atoms with Crippen LogP contribution in [0.1, 0.15) is 10.4 Å². The van der Waals surface area contributed by atoms with E-state index in [1.54, 1.807) is 12.1 Å². The Morgan fingerprint density at radius 3 is 2.27 bits per heavy atom. The minimum atomic E-state index is -4.22. The Hall–Kier alpha value is -2.08. The molecule has 0 spiro atoms. The van der Waals surface area contributed by atoms with Gasteiger partial charge in [-0.2, -0.15) is 0 Å². The molecular weight excluding hydrogens is 403 g/mol. The van der Waals surface area contributed by atoms with E-state index in [2.05, 4.69) is 10.8 Å². The molecule has 1 amide bonds. The molecule has 0 unspecified atom stereocenters. The largest absolute Gasteiger partial charge is 2.00 e. The van der Waals surface area contributed by atoms with Gasteiger partial charge in [0.2, 0.25) is 0 Å². The third-order valence-electron chi connectivity index (χ3n) is 2.49. The Morgan fingerprint density at radius 1 is 1.14 bits per heavy atom. The first kappa shape index (κ1) is 18.0. The van der Waals surface area contributed by atoms with Gasteiger partial charge in [-0.05, 0) is 12.1 Å². The zero-order chi connectivity index (χ0) is 15.5. The summed E-state index contributed by atoms with van der Waals surface area (Å²) in [6.45, 7) is 0. The topological polar surface area (TPSA) is 108 Å². The summed E-state index contributed by atoms with van der Waals surface area (Å²) >= 11 is 0. The Kier molecular flexibility index (Phi) is 5.94. The Bertz CT molecular complexity index is 776. The molecule has 0 saturated heterocycles. The van der Waals surface area contributed by atoms with Crippen molar-refractivity contribution in [2.24, 2.45) is 0 Å². The van der Waals surface area contributed by atoms with Crippen molar-refractivity contribution in [3.8, 4) is 0 Å². The zero-order valence-corrected chi connectivity index (χ0v) is 13.2. The van der Waals surface area contributed by atoms with Crippen LogP contribution in [0.25, 0.3) is 4.72 Å². The average Bonchev–Trinajstić information content (AvgIpc) is 2.48. The molecule has 0 N–H and O–H groups in total. The van der Waals surface area contributed by atoms with Crippen LogP contribution in [0.2, 0.25) is 0 Å². The van der Waals surface area contributed by atoms with Crippen molar-refractivity contribution in [3.63, 3.8) is 0 Å². The normalized spacial score (nSPS) is 10.4. The van der Waals surface area contributed by atoms with E-state index in [9.17, 15) is 23.3 Å². The molecule has 9 heteroatoms. The van der Waals surface area contributed by atoms with Crippen molar-refractivity contribution in [3.05, 3.63) is 75.0 Å². The fraction of sp³-hybridized carbons (Fsp3) is 0. The Morgan fingerprint density at radius 2 is 1.77 bits per heavy atom. The maximum Gasteiger partial charge on any atom is 2.00 e. The molecule has 0 bridgehead atoms. The molecule has 2 aromatic rings. The second-order valence-electron chi connectivity index (χ2n) is 3.90. The molecule has 0 atom stereocenters. The van der Waals surface area contributed by atoms with Crippen LogP contribution in [0.3, 0.4) is 0 Å². The summed E-state index contributed by atoms with van der Waals surface area (Å²) in [6.07, 6.45) is 0. The predicted molar refractivity (Wildman–Crippen MR) is 73.2 cm³/mol. The first-order valence-electron chi connectivity index (χ1n) is 5.64. The van der Waals surface area contributed by atoms with Crippen molar-refractivity contribution >= 4 is 21.6 Å². The molecule has 0 aliphatic heterocycles. The van der Waals surface area contributed by atoms with Gasteiger partial charge in [0.05, 0.1) is 9.82 Å². The summed E-state index contributed by atoms with van der Waals surface area (Å²) in [5.41, 5.74) is -0.236. The summed E-state index contributed by atoms with van der Waals surface area (Å²) in [4.78, 5) is 21.3. The van der Waals surface area contributed by atoms with Crippen molar-refractivity contribution in [2.45, 2.75) is 4.90 Å². The Labute approximate surface area is 140 Å². The van der Waals surface area contributed by atoms with Gasteiger partial charge in [0.25, 0.3) is 5.69 Å². The van der Waals surface area contributed by atoms with E-state index in [0.29, 0.717) is 0 Å². The summed E-state index contributed by atoms with van der Waals surface area (Å²) < 4.78 is 27.0. The van der Waals surface area contributed by atoms with Gasteiger partial charge in [-0.3, -0.25) is 10.1 Å². The summed E-state index contributed by atoms with van der Waals surface area (Å²) in [5.74, 6) is -0.950. The third-order valence-corrected chi connectivity index (χ3v) is 3.76. The van der Waals surface area contributed by atoms with Crippen molar-refractivity contribution in [1.29, 1.82) is 0 Å². The van der Waals surface area contributed by atoms with Gasteiger partial charge >= 0.3 is 20.4 Å². The van der Waals surface area contributed by atoms with Crippen LogP contribution in [0, 0.1) is 16.2 Å². The number of nitrogens with zero attached hydrogens (tertiary/aromatic N) is 2. The third kappa shape index (κ3) is 4.21. The zero-order valence-electron chi connectivity index (χ0n) is 10.8. The molecule has 0 radical (unpaired) electrons. The first-order chi connectivity index (χ1) is 9.90. The van der Waals surface area contributed by atoms with Crippen LogP contribution in [0.15, 0.2) is 53.4 Å². The van der Waals surface area contributed by atoms with Crippen molar-refractivity contribution < 1.29 is 38.6 Å². The second-order valence-corrected chi connectivity index (χ2v) is 5.50. The molecule has 0 heterocycles. The number of carbonyl (C=O) groups is 1. The maximum absolute atomic E-state index is 11.9. The van der Waals surface area contributed by atoms with Gasteiger partial charge in [0.1, 0.15) is 10.0 Å². The fourth-order valence-corrected chi connectivity index (χ4v) is 2.38. The SMILES string of the molecule is O=C([N-]S(=O)(=O)c1ccc([N+](=O)[O-])cc1)c1[c-]cccc1.[Pd+2]. The van der Waals surface area contributed by atoms with Crippen LogP contribution in [0.5, 0.6) is 0 Å². The first-order valence-corrected chi connectivity index (χ1v) is 7.08. The van der Waals surface area contributed by atoms with E-state index in [-0.39, 0.29) is 36.6 Å². The number of non-ortho nitro benzene ring substituents is 1. The molecule has 0 aliphatic carbocycles. The van der Waals surface area contributed by atoms with Gasteiger partial charge in [-0.15, -0.1) is 35.9 Å². The number of carbonyl (C=O) groups excluding carboxylic acids is 1. The minimum absolute atomic E-state index is 0. The molecule has 116 valence electrons. The fourth-order valence-electron chi connectivity index (χ4n) is 1.48. The maximum atomic E-state index is 11.9. The van der Waals surface area contributed by atoms with Gasteiger partial charge in [0, 0.05) is 18.0 Å². The van der Waals surface area contributed by atoms with E-state index < -0.39 is 20.9 Å². The second kappa shape index (κ2) is 7.27. The molecule has 0 saturated carbocycles. The summed E-state index contributed by atoms with van der Waals surface area (Å²) in [7, 11) is -4.22. The minimum Gasteiger partial charge on any atom is -0.583 e. The van der Waals surface area contributed by atoms with Crippen LogP contribution in [-0.2, 0) is 30.4 Å². The quantitative estimate of drug-likeness (QED) is 0.332. The standard InChI is InChI=1S/C13H9N2O5S.Pd/c16-13(10-4-2-1-3-5-10)14-21(19,20)12-8-6-11(7-9-12)15(17)18;/h1-4,6-9H,(H,14,16);/q-1;+2/p-1. The average molecular weight is 411 g/mol. The molecular formula is C13H8N2O5PdS. The molecule has 0 aliphatic rings. The molecule has 2 rings (SSSR count). The van der Waals surface area contributed by atoms with E-state index in [1.165, 1.54) is 12.1 Å². The number of amides is 1. The van der Waals surface area contributed by atoms with Crippen molar-refractivity contribution in [1.82, 2.24) is 0 Å². The van der Waals surface area contributed by atoms with Gasteiger partial charge in [-0.25, -0.2) is 8.42 Å². The molecule has 0 fully saturated rings. The number of benzene rings is 2. The number of sulfonamides is 1. The summed E-state index contributed by atoms with van der Waals surface area (Å²) in [5, 5.41) is 10.5. The number of nitro groups is 1. The van der Waals surface area contributed by atoms with E-state index in [1.807, 2.05) is 0 Å². The Balaban J connectivity index is 0.00000242. The number of hydrogen-bond donors (Lipinski definition) is 0. The van der Waals surface area contributed by atoms with Gasteiger partial charge in [0.15, 0.2) is 0 Å². The van der Waals surface area contributed by atoms with Gasteiger partial charge in [-0.1, -0.05) is 0 Å². The van der Waals surface area contributed by atoms with Gasteiger partial charge < -0.3 is 9.52 Å². The van der Waals surface area contributed by atoms with E-state index in [0.717, 1.165) is 24.3 Å². The summed E-state index contributed by atoms with van der Waals surface area (Å²) in [6, 6.07) is 12.7. The van der Waals surface area contributed by atoms with Crippen LogP contribution >= 0.6 is 0 Å². The number of hydrogen-bond acceptors (Lipinski definition) is 5. The van der Waals surface area contributed by atoms with Crippen LogP contribution < -0.4 is 0 Å². The monoisotopic (exact) mass is 410 g/mol. The van der Waals surface area contributed by atoms with Crippen LogP contribution in [-0.4, -0.2) is 19.2 Å². The van der Waals surface area contributed by atoms with Crippen LogP contribution in [0.4, 0.5) is 5.69 Å².